The molecule has 0 unspecified atom stereocenters. The molecule has 0 fully saturated rings. The number of H-pyrrole nitrogens is 1. The molecule has 4 aromatic carbocycles. The maximum Gasteiger partial charge on any atom is 0.336 e. The number of halogens is 2. The molecule has 0 saturated carbocycles. The number of sulfonamides is 1. The van der Waals surface area contributed by atoms with E-state index < -0.39 is 44.7 Å². The lowest BCUT2D eigenvalue weighted by Crippen LogP contribution is -2.25. The third-order valence-electron chi connectivity index (χ3n) is 13.3. The van der Waals surface area contributed by atoms with Gasteiger partial charge in [-0.1, -0.05) is 31.9 Å². The molecule has 5 N–H and O–H groups in total. The molecule has 3 aromatic heterocycles. The number of nitrogens with one attached hydrogen (secondary N) is 4. The van der Waals surface area contributed by atoms with Crippen molar-refractivity contribution in [1.82, 2.24) is 30.2 Å². The molecule has 19 heteroatoms. The van der Waals surface area contributed by atoms with Crippen LogP contribution in [0.1, 0.15) is 86.2 Å². The molecule has 0 spiro atoms. The van der Waals surface area contributed by atoms with Crippen LogP contribution in [0, 0.1) is 11.6 Å². The summed E-state index contributed by atoms with van der Waals surface area (Å²) in [6.07, 6.45) is 6.35. The monoisotopic (exact) mass is 1060 g/mol. The van der Waals surface area contributed by atoms with Crippen molar-refractivity contribution in [3.63, 3.8) is 0 Å². The summed E-state index contributed by atoms with van der Waals surface area (Å²) >= 11 is 0. The van der Waals surface area contributed by atoms with E-state index in [1.165, 1.54) is 18.2 Å². The van der Waals surface area contributed by atoms with Gasteiger partial charge in [-0.3, -0.25) is 24.1 Å². The quantitative estimate of drug-likeness (QED) is 0.0222. The molecule has 2 aliphatic rings. The number of carbonyl (C=O) groups is 4. The molecule has 2 amide bonds. The lowest BCUT2D eigenvalue weighted by atomic mass is 9.89. The van der Waals surface area contributed by atoms with Gasteiger partial charge in [-0.2, -0.15) is 0 Å². The van der Waals surface area contributed by atoms with Crippen molar-refractivity contribution >= 4 is 77.9 Å². The normalized spacial score (nSPS) is 11.6. The van der Waals surface area contributed by atoms with Crippen molar-refractivity contribution in [3.05, 3.63) is 160 Å². The number of carbonyl (C=O) groups excluding carboxylic acids is 3. The fourth-order valence-corrected chi connectivity index (χ4v) is 10.4. The summed E-state index contributed by atoms with van der Waals surface area (Å²) in [6.45, 7) is 2.42. The predicted molar refractivity (Wildman–Crippen MR) is 294 cm³/mol. The van der Waals surface area contributed by atoms with Gasteiger partial charge in [-0.05, 0) is 97.6 Å². The third-order valence-corrected chi connectivity index (χ3v) is 14.8. The van der Waals surface area contributed by atoms with Crippen LogP contribution in [0.3, 0.4) is 0 Å². The summed E-state index contributed by atoms with van der Waals surface area (Å²) in [4.78, 5) is 66.9. The Morgan fingerprint density at radius 2 is 1.47 bits per heavy atom. The molecule has 77 heavy (non-hydrogen) atoms. The van der Waals surface area contributed by atoms with E-state index in [9.17, 15) is 37.1 Å². The SMILES string of the molecule is CCCS(=O)(=O)Nc1ccc(F)c(C(=O)c2ccc3[nH]c4ncc(-c5ccc(C(=O)NCCCCCCNC(=O)c6ccc(-c7c8ccc(=[N+](C)C)cc-8oc8cc(N(C)C)ccc78)c(C(=O)O)c6)nc5)cc4c3c2)c1F. The number of pyridine rings is 2. The van der Waals surface area contributed by atoms with Crippen LogP contribution < -0.4 is 30.2 Å². The van der Waals surface area contributed by atoms with E-state index in [4.69, 9.17) is 4.42 Å². The molecule has 1 aliphatic carbocycles. The van der Waals surface area contributed by atoms with Gasteiger partial charge in [0.05, 0.1) is 28.6 Å². The van der Waals surface area contributed by atoms with Crippen molar-refractivity contribution in [3.8, 4) is 33.6 Å². The lowest BCUT2D eigenvalue weighted by molar-refractivity contribution is 0.0697. The van der Waals surface area contributed by atoms with Gasteiger partial charge in [0.15, 0.2) is 11.6 Å². The number of aromatic nitrogens is 3. The Balaban J connectivity index is 0.781. The van der Waals surface area contributed by atoms with Crippen LogP contribution in [0.4, 0.5) is 20.2 Å². The number of fused-ring (bicyclic) bond motifs is 5. The Morgan fingerprint density at radius 1 is 0.740 bits per heavy atom. The molecular weight excluding hydrogens is 1010 g/mol. The highest BCUT2D eigenvalue weighted by molar-refractivity contribution is 7.92. The minimum absolute atomic E-state index is 0.0116. The van der Waals surface area contributed by atoms with E-state index in [2.05, 4.69) is 30.3 Å². The highest BCUT2D eigenvalue weighted by Gasteiger charge is 2.26. The number of ketones is 1. The zero-order valence-electron chi connectivity index (χ0n) is 42.9. The lowest BCUT2D eigenvalue weighted by Gasteiger charge is -2.19. The number of amides is 2. The van der Waals surface area contributed by atoms with Crippen molar-refractivity contribution in [2.75, 3.05) is 56.7 Å². The van der Waals surface area contributed by atoms with Crippen molar-refractivity contribution in [1.29, 1.82) is 0 Å². The fourth-order valence-electron chi connectivity index (χ4n) is 9.24. The highest BCUT2D eigenvalue weighted by Crippen LogP contribution is 2.42. The predicted octanol–water partition coefficient (Wildman–Crippen LogP) is 9.47. The molecule has 0 atom stereocenters. The number of rotatable bonds is 19. The van der Waals surface area contributed by atoms with E-state index in [-0.39, 0.29) is 46.4 Å². The second-order valence-corrected chi connectivity index (χ2v) is 20.9. The first-order valence-corrected chi connectivity index (χ1v) is 26.6. The van der Waals surface area contributed by atoms with E-state index in [0.29, 0.717) is 81.5 Å². The van der Waals surface area contributed by atoms with Crippen LogP contribution in [-0.2, 0) is 10.0 Å². The number of aromatic carboxylic acids is 1. The molecule has 394 valence electrons. The van der Waals surface area contributed by atoms with E-state index >= 15 is 4.39 Å². The molecule has 7 aromatic rings. The van der Waals surface area contributed by atoms with E-state index in [1.54, 1.807) is 49.6 Å². The van der Waals surface area contributed by atoms with Gasteiger partial charge in [0, 0.05) is 112 Å². The molecule has 0 radical (unpaired) electrons. The summed E-state index contributed by atoms with van der Waals surface area (Å²) in [5, 5.41) is 19.1. The first-order valence-electron chi connectivity index (χ1n) is 24.9. The minimum atomic E-state index is -3.92. The van der Waals surface area contributed by atoms with Gasteiger partial charge in [-0.25, -0.2) is 31.6 Å². The minimum Gasteiger partial charge on any atom is -0.478 e. The summed E-state index contributed by atoms with van der Waals surface area (Å²) in [5.41, 5.74) is 4.78. The van der Waals surface area contributed by atoms with Gasteiger partial charge >= 0.3 is 5.97 Å². The summed E-state index contributed by atoms with van der Waals surface area (Å²) < 4.78 is 65.7. The second-order valence-electron chi connectivity index (χ2n) is 19.1. The van der Waals surface area contributed by atoms with Crippen LogP contribution >= 0.6 is 0 Å². The maximum absolute atomic E-state index is 15.5. The first-order chi connectivity index (χ1) is 36.9. The molecule has 0 bridgehead atoms. The average molecular weight is 1060 g/mol. The van der Waals surface area contributed by atoms with Crippen molar-refractivity contribution < 1.29 is 45.9 Å². The zero-order valence-corrected chi connectivity index (χ0v) is 43.7. The van der Waals surface area contributed by atoms with Crippen molar-refractivity contribution in [2.24, 2.45) is 0 Å². The summed E-state index contributed by atoms with van der Waals surface area (Å²) in [5.74, 6) is -5.03. The number of carboxylic acid groups (broad SMARTS) is 1. The first kappa shape index (κ1) is 53.0. The number of anilines is 2. The summed E-state index contributed by atoms with van der Waals surface area (Å²) in [6, 6.07) is 27.8. The molecular formula is C58H55F2N8O8S+. The Hall–Kier alpha value is -8.84. The Bertz CT molecular complexity index is 3960. The van der Waals surface area contributed by atoms with Crippen LogP contribution in [0.25, 0.3) is 66.5 Å². The van der Waals surface area contributed by atoms with Gasteiger partial charge in [0.2, 0.25) is 15.4 Å². The van der Waals surface area contributed by atoms with Gasteiger partial charge < -0.3 is 30.0 Å². The Kier molecular flexibility index (Phi) is 15.3. The maximum atomic E-state index is 15.5. The van der Waals surface area contributed by atoms with E-state index in [0.717, 1.165) is 47.0 Å². The van der Waals surface area contributed by atoms with Crippen LogP contribution in [0.15, 0.2) is 120 Å². The smallest absolute Gasteiger partial charge is 0.336 e. The van der Waals surface area contributed by atoms with Crippen molar-refractivity contribution in [2.45, 2.75) is 39.0 Å². The summed E-state index contributed by atoms with van der Waals surface area (Å²) in [7, 11) is 3.81. The van der Waals surface area contributed by atoms with Gasteiger partial charge in [0.1, 0.15) is 42.6 Å². The fraction of sp³-hybridized carbons (Fsp3) is 0.224. The number of benzene rings is 5. The molecule has 1 aliphatic heterocycles. The highest BCUT2D eigenvalue weighted by atomic mass is 32.2. The number of unbranched alkanes of at least 4 members (excludes halogenated alkanes) is 3. The number of hydrogen-bond acceptors (Lipinski definition) is 10. The molecule has 16 nitrogen and oxygen atoms in total. The Labute approximate surface area is 441 Å². The molecule has 0 saturated heterocycles. The second kappa shape index (κ2) is 22.2. The number of nitrogens with zero attached hydrogens (tertiary/aromatic N) is 4. The number of aromatic amines is 1. The van der Waals surface area contributed by atoms with Crippen LogP contribution in [0.2, 0.25) is 0 Å². The van der Waals surface area contributed by atoms with E-state index in [1.807, 2.05) is 80.1 Å². The standard InChI is InChI=1S/C58H54F2N8O8S/c1-6-25-77(74,75)66-47-22-19-45(59)52(53(47)60)54(69)33-12-20-46-42(26-33)43-28-36(32-64-55(43)65-46)35-13-21-48(63-31-35)57(71)62-24-10-8-7-9-23-61-56(70)34-11-16-39(44(27-34)58(72)73)51-40-17-14-37(67(2)3)29-49(40)76-50-30-38(68(4)5)15-18-41(50)51/h11-22,26-32,66H,6-10,23-25H2,1-5H3,(H3-,61,62,64,65,69,70,71,72,73)/p+1. The third kappa shape index (κ3) is 11.3. The van der Waals surface area contributed by atoms with Gasteiger partial charge in [-0.15, -0.1) is 0 Å². The van der Waals surface area contributed by atoms with Gasteiger partial charge in [0.25, 0.3) is 11.8 Å². The number of carboxylic acids is 1. The zero-order chi connectivity index (χ0) is 54.7. The molecule has 9 rings (SSSR count). The Morgan fingerprint density at radius 3 is 2.17 bits per heavy atom. The number of hydrogen-bond donors (Lipinski definition) is 5. The molecule has 4 heterocycles. The average Bonchev–Trinajstić information content (AvgIpc) is 3.79. The largest absolute Gasteiger partial charge is 0.478 e. The van der Waals surface area contributed by atoms with Crippen LogP contribution in [-0.4, -0.2) is 99.1 Å². The topological polar surface area (TPSA) is 220 Å². The van der Waals surface area contributed by atoms with Crippen LogP contribution in [0.5, 0.6) is 0 Å².